The Bertz CT molecular complexity index is 405. The van der Waals surface area contributed by atoms with E-state index in [2.05, 4.69) is 24.1 Å². The molecule has 104 valence electrons. The van der Waals surface area contributed by atoms with Crippen LogP contribution in [0.25, 0.3) is 0 Å². The van der Waals surface area contributed by atoms with Gasteiger partial charge in [0.2, 0.25) is 0 Å². The van der Waals surface area contributed by atoms with Crippen LogP contribution < -0.4 is 5.32 Å². The van der Waals surface area contributed by atoms with E-state index in [0.717, 1.165) is 13.1 Å². The number of hydrogen-bond donors (Lipinski definition) is 1. The number of rotatable bonds is 4. The van der Waals surface area contributed by atoms with Crippen molar-refractivity contribution in [1.82, 2.24) is 10.2 Å². The van der Waals surface area contributed by atoms with Crippen molar-refractivity contribution in [2.75, 3.05) is 25.4 Å². The van der Waals surface area contributed by atoms with Crippen LogP contribution in [0.2, 0.25) is 0 Å². The lowest BCUT2D eigenvalue weighted by molar-refractivity contribution is 0.155. The van der Waals surface area contributed by atoms with Crippen molar-refractivity contribution in [2.45, 2.75) is 38.8 Å². The third kappa shape index (κ3) is 3.56. The van der Waals surface area contributed by atoms with Gasteiger partial charge in [0.25, 0.3) is 0 Å². The molecule has 4 nitrogen and oxygen atoms in total. The maximum Gasteiger partial charge on any atom is 0.173 e. The molecule has 18 heavy (non-hydrogen) atoms. The van der Waals surface area contributed by atoms with E-state index < -0.39 is 9.84 Å². The van der Waals surface area contributed by atoms with E-state index >= 15 is 0 Å². The van der Waals surface area contributed by atoms with Crippen molar-refractivity contribution in [3.63, 3.8) is 0 Å². The molecule has 0 aromatic carbocycles. The summed E-state index contributed by atoms with van der Waals surface area (Å²) in [5, 5.41) is 4.80. The fourth-order valence-corrected chi connectivity index (χ4v) is 4.19. The fourth-order valence-electron chi connectivity index (χ4n) is 2.94. The van der Waals surface area contributed by atoms with Crippen LogP contribution in [0.3, 0.4) is 0 Å². The van der Waals surface area contributed by atoms with Crippen molar-refractivity contribution in [1.29, 1.82) is 0 Å². The van der Waals surface area contributed by atoms with Crippen LogP contribution in [0.4, 0.5) is 0 Å². The van der Waals surface area contributed by atoms with Crippen LogP contribution in [0.1, 0.15) is 26.7 Å². The highest BCUT2D eigenvalue weighted by atomic mass is 32.2. The minimum Gasteiger partial charge on any atom is -0.307 e. The first-order valence-corrected chi connectivity index (χ1v) is 8.61. The average molecular weight is 272 g/mol. The molecular weight excluding hydrogens is 248 g/mol. The number of piperidine rings is 1. The number of likely N-dealkylation sites (tertiary alicyclic amines) is 1. The summed E-state index contributed by atoms with van der Waals surface area (Å²) in [7, 11) is -2.94. The lowest BCUT2D eigenvalue weighted by Gasteiger charge is -2.36. The summed E-state index contributed by atoms with van der Waals surface area (Å²) in [6.07, 6.45) is 4.28. The highest BCUT2D eigenvalue weighted by molar-refractivity contribution is 7.94. The first-order valence-electron chi connectivity index (χ1n) is 6.89. The van der Waals surface area contributed by atoms with Crippen LogP contribution >= 0.6 is 0 Å². The molecule has 2 heterocycles. The Morgan fingerprint density at radius 3 is 2.89 bits per heavy atom. The third-order valence-corrected chi connectivity index (χ3v) is 5.50. The molecule has 0 spiro atoms. The van der Waals surface area contributed by atoms with Crippen LogP contribution in [0, 0.1) is 5.92 Å². The van der Waals surface area contributed by atoms with E-state index in [1.165, 1.54) is 24.8 Å². The van der Waals surface area contributed by atoms with Crippen molar-refractivity contribution >= 4 is 9.84 Å². The Kier molecular flexibility index (Phi) is 4.45. The molecule has 0 bridgehead atoms. The molecule has 3 unspecified atom stereocenters. The van der Waals surface area contributed by atoms with E-state index in [1.54, 1.807) is 6.08 Å². The number of nitrogens with one attached hydrogen (secondary N) is 1. The third-order valence-electron chi connectivity index (χ3n) is 4.10. The standard InChI is InChI=1S/C13H24N2O2S/c1-3-15-7-4-5-12(9-15)11(2)14-13-6-8-18(16,17)10-13/h6,8,11-14H,3-5,7,9-10H2,1-2H3. The Morgan fingerprint density at radius 1 is 1.50 bits per heavy atom. The van der Waals surface area contributed by atoms with Crippen molar-refractivity contribution in [3.05, 3.63) is 11.5 Å². The lowest BCUT2D eigenvalue weighted by atomic mass is 9.91. The average Bonchev–Trinajstić information content (AvgIpc) is 2.68. The molecule has 1 saturated heterocycles. The molecule has 0 aromatic rings. The SMILES string of the molecule is CCN1CCCC(C(C)NC2C=CS(=O)(=O)C2)C1. The van der Waals surface area contributed by atoms with Gasteiger partial charge in [-0.25, -0.2) is 8.42 Å². The number of sulfone groups is 1. The van der Waals surface area contributed by atoms with Gasteiger partial charge in [0.05, 0.1) is 5.75 Å². The number of hydrogen-bond acceptors (Lipinski definition) is 4. The molecule has 0 saturated carbocycles. The van der Waals surface area contributed by atoms with Crippen LogP contribution in [-0.4, -0.2) is 50.8 Å². The molecule has 0 aliphatic carbocycles. The second-order valence-corrected chi connectivity index (χ2v) is 7.45. The first kappa shape index (κ1) is 14.0. The molecule has 0 radical (unpaired) electrons. The van der Waals surface area contributed by atoms with Crippen LogP contribution in [0.5, 0.6) is 0 Å². The summed E-state index contributed by atoms with van der Waals surface area (Å²) >= 11 is 0. The quantitative estimate of drug-likeness (QED) is 0.830. The lowest BCUT2D eigenvalue weighted by Crippen LogP contribution is -2.47. The molecule has 2 aliphatic heterocycles. The van der Waals surface area contributed by atoms with E-state index in [-0.39, 0.29) is 11.8 Å². The monoisotopic (exact) mass is 272 g/mol. The second-order valence-electron chi connectivity index (χ2n) is 5.52. The summed E-state index contributed by atoms with van der Waals surface area (Å²) in [5.41, 5.74) is 0. The van der Waals surface area contributed by atoms with Gasteiger partial charge in [-0.2, -0.15) is 0 Å². The van der Waals surface area contributed by atoms with Crippen LogP contribution in [-0.2, 0) is 9.84 Å². The molecule has 1 N–H and O–H groups in total. The normalized spacial score (nSPS) is 33.7. The van der Waals surface area contributed by atoms with Crippen molar-refractivity contribution in [3.8, 4) is 0 Å². The molecule has 2 aliphatic rings. The first-order chi connectivity index (χ1) is 8.50. The predicted molar refractivity (Wildman–Crippen MR) is 74.2 cm³/mol. The van der Waals surface area contributed by atoms with E-state index in [4.69, 9.17) is 0 Å². The van der Waals surface area contributed by atoms with Gasteiger partial charge >= 0.3 is 0 Å². The Labute approximate surface area is 110 Å². The van der Waals surface area contributed by atoms with E-state index in [1.807, 2.05) is 0 Å². The molecule has 0 amide bonds. The van der Waals surface area contributed by atoms with Gasteiger partial charge in [-0.3, -0.25) is 0 Å². The van der Waals surface area contributed by atoms with Gasteiger partial charge < -0.3 is 10.2 Å². The molecule has 3 atom stereocenters. The van der Waals surface area contributed by atoms with Crippen molar-refractivity contribution in [2.24, 2.45) is 5.92 Å². The number of nitrogens with zero attached hydrogens (tertiary/aromatic N) is 1. The minimum absolute atomic E-state index is 0.00185. The zero-order valence-electron chi connectivity index (χ0n) is 11.3. The van der Waals surface area contributed by atoms with Gasteiger partial charge in [0, 0.05) is 24.0 Å². The molecule has 2 rings (SSSR count). The van der Waals surface area contributed by atoms with Crippen LogP contribution in [0.15, 0.2) is 11.5 Å². The van der Waals surface area contributed by atoms with Gasteiger partial charge in [-0.15, -0.1) is 0 Å². The second kappa shape index (κ2) is 5.72. The summed E-state index contributed by atoms with van der Waals surface area (Å²) in [6.45, 7) is 7.83. The molecule has 1 fully saturated rings. The van der Waals surface area contributed by atoms with Gasteiger partial charge in [0.15, 0.2) is 9.84 Å². The Balaban J connectivity index is 1.85. The smallest absolute Gasteiger partial charge is 0.173 e. The summed E-state index contributed by atoms with van der Waals surface area (Å²) in [6, 6.07) is 0.379. The summed E-state index contributed by atoms with van der Waals surface area (Å²) in [5.74, 6) is 0.858. The Hall–Kier alpha value is -0.390. The van der Waals surface area contributed by atoms with Crippen molar-refractivity contribution < 1.29 is 8.42 Å². The van der Waals surface area contributed by atoms with Gasteiger partial charge in [-0.1, -0.05) is 13.0 Å². The van der Waals surface area contributed by atoms with Gasteiger partial charge in [-0.05, 0) is 38.8 Å². The van der Waals surface area contributed by atoms with E-state index in [9.17, 15) is 8.42 Å². The highest BCUT2D eigenvalue weighted by Gasteiger charge is 2.28. The maximum absolute atomic E-state index is 11.4. The molecule has 5 heteroatoms. The zero-order chi connectivity index (χ0) is 13.2. The predicted octanol–water partition coefficient (Wildman–Crippen LogP) is 1.01. The van der Waals surface area contributed by atoms with Gasteiger partial charge in [0.1, 0.15) is 0 Å². The topological polar surface area (TPSA) is 49.4 Å². The van der Waals surface area contributed by atoms with E-state index in [0.29, 0.717) is 12.0 Å². The Morgan fingerprint density at radius 2 is 2.28 bits per heavy atom. The maximum atomic E-state index is 11.4. The fraction of sp³-hybridized carbons (Fsp3) is 0.846. The highest BCUT2D eigenvalue weighted by Crippen LogP contribution is 2.20. The summed E-state index contributed by atoms with van der Waals surface area (Å²) < 4.78 is 22.7. The minimum atomic E-state index is -2.94. The molecular formula is C13H24N2O2S. The summed E-state index contributed by atoms with van der Waals surface area (Å²) in [4.78, 5) is 2.48. The molecule has 0 aromatic heterocycles. The zero-order valence-corrected chi connectivity index (χ0v) is 12.1. The largest absolute Gasteiger partial charge is 0.307 e.